The van der Waals surface area contributed by atoms with Crippen molar-refractivity contribution in [3.8, 4) is 0 Å². The molecule has 5 nitrogen and oxygen atoms in total. The molecule has 0 bridgehead atoms. The van der Waals surface area contributed by atoms with E-state index in [4.69, 9.17) is 5.21 Å². The summed E-state index contributed by atoms with van der Waals surface area (Å²) in [6.45, 7) is 4.75. The summed E-state index contributed by atoms with van der Waals surface area (Å²) in [5.74, 6) is -0.183. The van der Waals surface area contributed by atoms with Crippen LogP contribution in [0.5, 0.6) is 0 Å². The summed E-state index contributed by atoms with van der Waals surface area (Å²) in [5, 5.41) is 11.5. The first-order valence-corrected chi connectivity index (χ1v) is 9.39. The Bertz CT molecular complexity index is 525. The Labute approximate surface area is 142 Å². The van der Waals surface area contributed by atoms with Gasteiger partial charge in [0.05, 0.1) is 6.54 Å². The fourth-order valence-corrected chi connectivity index (χ4v) is 3.54. The van der Waals surface area contributed by atoms with Crippen LogP contribution in [-0.2, 0) is 17.8 Å². The van der Waals surface area contributed by atoms with E-state index in [1.165, 1.54) is 28.9 Å². The average molecular weight is 337 g/mol. The van der Waals surface area contributed by atoms with E-state index in [0.29, 0.717) is 0 Å². The maximum atomic E-state index is 11.5. The number of nitrogens with one attached hydrogen (secondary N) is 2. The van der Waals surface area contributed by atoms with E-state index in [0.717, 1.165) is 26.1 Å². The Morgan fingerprint density at radius 2 is 2.22 bits per heavy atom. The molecule has 1 amide bonds. The summed E-state index contributed by atoms with van der Waals surface area (Å²) in [4.78, 5) is 15.3. The zero-order valence-electron chi connectivity index (χ0n) is 14.0. The summed E-state index contributed by atoms with van der Waals surface area (Å²) >= 11 is 1.78. The standard InChI is InChI=1S/C17H27N3O2S/c1-13(19-17(21)10-18-22)11-20-8-4-3-5-14-6-7-16(23-2)9-15(14)12-20/h6-7,9,13,18,22H,3-5,8,10-12H2,1-2H3,(H,19,21)/t13-/m0/s1. The molecule has 0 aromatic heterocycles. The maximum absolute atomic E-state index is 11.5. The summed E-state index contributed by atoms with van der Waals surface area (Å²) < 4.78 is 0. The number of carbonyl (C=O) groups is 1. The third-order valence-electron chi connectivity index (χ3n) is 4.16. The number of thioether (sulfide) groups is 1. The predicted octanol–water partition coefficient (Wildman–Crippen LogP) is 2.03. The van der Waals surface area contributed by atoms with Crippen LogP contribution in [0.15, 0.2) is 23.1 Å². The first-order valence-electron chi connectivity index (χ1n) is 8.17. The highest BCUT2D eigenvalue weighted by atomic mass is 32.2. The Kier molecular flexibility index (Phi) is 7.36. The number of hydroxylamine groups is 1. The Balaban J connectivity index is 2.00. The molecule has 128 valence electrons. The first kappa shape index (κ1) is 18.3. The van der Waals surface area contributed by atoms with Gasteiger partial charge in [-0.2, -0.15) is 5.48 Å². The summed E-state index contributed by atoms with van der Waals surface area (Å²) in [6, 6.07) is 6.84. The van der Waals surface area contributed by atoms with Crippen molar-refractivity contribution in [2.75, 3.05) is 25.9 Å². The lowest BCUT2D eigenvalue weighted by molar-refractivity contribution is -0.122. The van der Waals surface area contributed by atoms with Crippen molar-refractivity contribution in [1.82, 2.24) is 15.7 Å². The molecule has 0 aliphatic carbocycles. The van der Waals surface area contributed by atoms with E-state index < -0.39 is 0 Å². The average Bonchev–Trinajstić information content (AvgIpc) is 2.49. The number of nitrogens with zero attached hydrogens (tertiary/aromatic N) is 1. The quantitative estimate of drug-likeness (QED) is 0.548. The smallest absolute Gasteiger partial charge is 0.236 e. The molecule has 6 heteroatoms. The van der Waals surface area contributed by atoms with Crippen LogP contribution in [0.3, 0.4) is 0 Å². The van der Waals surface area contributed by atoms with Gasteiger partial charge in [-0.05, 0) is 62.2 Å². The van der Waals surface area contributed by atoms with E-state index in [9.17, 15) is 4.79 Å². The lowest BCUT2D eigenvalue weighted by atomic mass is 9.99. The topological polar surface area (TPSA) is 64.6 Å². The van der Waals surface area contributed by atoms with Crippen LogP contribution in [0.4, 0.5) is 0 Å². The highest BCUT2D eigenvalue weighted by Crippen LogP contribution is 2.24. The normalized spacial score (nSPS) is 17.0. The van der Waals surface area contributed by atoms with Crippen LogP contribution in [0, 0.1) is 0 Å². The molecule has 1 atom stereocenters. The molecule has 1 heterocycles. The van der Waals surface area contributed by atoms with Gasteiger partial charge >= 0.3 is 0 Å². The van der Waals surface area contributed by atoms with Crippen molar-refractivity contribution in [3.05, 3.63) is 29.3 Å². The molecule has 0 saturated carbocycles. The second kappa shape index (κ2) is 9.27. The third kappa shape index (κ3) is 5.80. The third-order valence-corrected chi connectivity index (χ3v) is 4.88. The molecular formula is C17H27N3O2S. The van der Waals surface area contributed by atoms with Crippen molar-refractivity contribution >= 4 is 17.7 Å². The van der Waals surface area contributed by atoms with Crippen molar-refractivity contribution in [2.45, 2.75) is 43.7 Å². The number of benzene rings is 1. The van der Waals surface area contributed by atoms with Crippen molar-refractivity contribution < 1.29 is 10.0 Å². The summed E-state index contributed by atoms with van der Waals surface area (Å²) in [7, 11) is 0. The molecule has 0 radical (unpaired) electrons. The number of hydrogen-bond donors (Lipinski definition) is 3. The summed E-state index contributed by atoms with van der Waals surface area (Å²) in [6.07, 6.45) is 5.65. The predicted molar refractivity (Wildman–Crippen MR) is 93.8 cm³/mol. The highest BCUT2D eigenvalue weighted by Gasteiger charge is 2.16. The van der Waals surface area contributed by atoms with Gasteiger partial charge in [0.25, 0.3) is 0 Å². The second-order valence-corrected chi connectivity index (χ2v) is 7.01. The molecule has 3 N–H and O–H groups in total. The SMILES string of the molecule is CSc1ccc2c(c1)CN(C[C@H](C)NC(=O)CNO)CCCC2. The van der Waals surface area contributed by atoms with E-state index in [-0.39, 0.29) is 18.5 Å². The number of amides is 1. The molecule has 0 fully saturated rings. The van der Waals surface area contributed by atoms with E-state index in [1.807, 2.05) is 12.4 Å². The van der Waals surface area contributed by atoms with Gasteiger partial charge < -0.3 is 10.5 Å². The van der Waals surface area contributed by atoms with Crippen molar-refractivity contribution in [3.63, 3.8) is 0 Å². The molecule has 2 rings (SSSR count). The lowest BCUT2D eigenvalue weighted by Gasteiger charge is -2.29. The van der Waals surface area contributed by atoms with Crippen molar-refractivity contribution in [1.29, 1.82) is 0 Å². The van der Waals surface area contributed by atoms with Gasteiger partial charge in [0, 0.05) is 24.0 Å². The minimum atomic E-state index is -0.183. The minimum absolute atomic E-state index is 0.0578. The number of fused-ring (bicyclic) bond motifs is 1. The lowest BCUT2D eigenvalue weighted by Crippen LogP contribution is -2.44. The van der Waals surface area contributed by atoms with Crippen LogP contribution in [-0.4, -0.2) is 47.9 Å². The van der Waals surface area contributed by atoms with Gasteiger partial charge in [-0.3, -0.25) is 9.69 Å². The van der Waals surface area contributed by atoms with Gasteiger partial charge in [-0.25, -0.2) is 0 Å². The molecule has 0 unspecified atom stereocenters. The monoisotopic (exact) mass is 337 g/mol. The molecule has 23 heavy (non-hydrogen) atoms. The van der Waals surface area contributed by atoms with Crippen LogP contribution in [0.25, 0.3) is 0 Å². The van der Waals surface area contributed by atoms with E-state index >= 15 is 0 Å². The van der Waals surface area contributed by atoms with Gasteiger partial charge in [-0.1, -0.05) is 6.07 Å². The number of rotatable bonds is 6. The largest absolute Gasteiger partial charge is 0.351 e. The molecule has 1 aromatic carbocycles. The number of hydrogen-bond acceptors (Lipinski definition) is 5. The van der Waals surface area contributed by atoms with E-state index in [2.05, 4.69) is 34.7 Å². The van der Waals surface area contributed by atoms with Crippen molar-refractivity contribution in [2.24, 2.45) is 0 Å². The Morgan fingerprint density at radius 1 is 1.39 bits per heavy atom. The fraction of sp³-hybridized carbons (Fsp3) is 0.588. The first-order chi connectivity index (χ1) is 11.1. The van der Waals surface area contributed by atoms with Crippen LogP contribution >= 0.6 is 11.8 Å². The zero-order chi connectivity index (χ0) is 16.7. The van der Waals surface area contributed by atoms with E-state index in [1.54, 1.807) is 11.8 Å². The zero-order valence-corrected chi connectivity index (χ0v) is 14.8. The Hall–Kier alpha value is -1.08. The van der Waals surface area contributed by atoms with Gasteiger partial charge in [-0.15, -0.1) is 11.8 Å². The van der Waals surface area contributed by atoms with Gasteiger partial charge in [0.15, 0.2) is 0 Å². The highest BCUT2D eigenvalue weighted by molar-refractivity contribution is 7.98. The van der Waals surface area contributed by atoms with Crippen LogP contribution in [0.1, 0.15) is 30.9 Å². The molecule has 0 spiro atoms. The molecule has 1 aromatic rings. The summed E-state index contributed by atoms with van der Waals surface area (Å²) in [5.41, 5.74) is 4.75. The minimum Gasteiger partial charge on any atom is -0.351 e. The Morgan fingerprint density at radius 3 is 2.96 bits per heavy atom. The molecular weight excluding hydrogens is 310 g/mol. The fourth-order valence-electron chi connectivity index (χ4n) is 3.08. The maximum Gasteiger partial charge on any atom is 0.236 e. The molecule has 0 saturated heterocycles. The van der Waals surface area contributed by atoms with Gasteiger partial charge in [0.1, 0.15) is 0 Å². The second-order valence-electron chi connectivity index (χ2n) is 6.13. The molecule has 1 aliphatic heterocycles. The van der Waals surface area contributed by atoms with Gasteiger partial charge in [0.2, 0.25) is 5.91 Å². The molecule has 1 aliphatic rings. The van der Waals surface area contributed by atoms with Crippen LogP contribution in [0.2, 0.25) is 0 Å². The van der Waals surface area contributed by atoms with Crippen LogP contribution < -0.4 is 10.8 Å². The number of aryl methyl sites for hydroxylation is 1. The number of carbonyl (C=O) groups excluding carboxylic acids is 1.